The molecule has 168 valence electrons. The molecule has 0 fully saturated rings. The Labute approximate surface area is 187 Å². The van der Waals surface area contributed by atoms with Gasteiger partial charge >= 0.3 is 0 Å². The number of aromatic nitrogens is 1. The lowest BCUT2D eigenvalue weighted by molar-refractivity contribution is 0.339. The average Bonchev–Trinajstić information content (AvgIpc) is 3.20. The summed E-state index contributed by atoms with van der Waals surface area (Å²) >= 11 is 0. The lowest BCUT2D eigenvalue weighted by atomic mass is 10.1. The van der Waals surface area contributed by atoms with Crippen molar-refractivity contribution in [1.82, 2.24) is 4.98 Å². The molecule has 33 heavy (non-hydrogen) atoms. The molecule has 1 aliphatic rings. The van der Waals surface area contributed by atoms with E-state index in [1.807, 2.05) is 24.3 Å². The largest absolute Gasteiger partial charge is 0.491 e. The van der Waals surface area contributed by atoms with Crippen molar-refractivity contribution < 1.29 is 26.3 Å². The molecule has 0 radical (unpaired) electrons. The Morgan fingerprint density at radius 1 is 0.939 bits per heavy atom. The molecule has 0 bridgehead atoms. The monoisotopic (exact) mass is 471 g/mol. The molecule has 0 saturated carbocycles. The fourth-order valence-corrected chi connectivity index (χ4v) is 4.78. The highest BCUT2D eigenvalue weighted by atomic mass is 32.2. The molecule has 2 heterocycles. The molecule has 3 aromatic carbocycles. The molecule has 1 aromatic heterocycles. The van der Waals surface area contributed by atoms with Gasteiger partial charge in [0, 0.05) is 10.9 Å². The molecule has 10 heteroatoms. The van der Waals surface area contributed by atoms with Crippen LogP contribution in [0.3, 0.4) is 0 Å². The van der Waals surface area contributed by atoms with Gasteiger partial charge in [-0.05, 0) is 42.5 Å². The van der Waals surface area contributed by atoms with E-state index in [1.165, 1.54) is 6.07 Å². The Hall–Kier alpha value is -3.79. The van der Waals surface area contributed by atoms with E-state index in [9.17, 15) is 21.6 Å². The molecule has 2 N–H and O–H groups in total. The van der Waals surface area contributed by atoms with E-state index in [0.29, 0.717) is 35.5 Å². The number of halogens is 3. The number of nitrogens with one attached hydrogen (secondary N) is 2. The van der Waals surface area contributed by atoms with Crippen molar-refractivity contribution in [1.29, 1.82) is 0 Å². The van der Waals surface area contributed by atoms with E-state index in [0.717, 1.165) is 11.3 Å². The number of pyridine rings is 1. The fourth-order valence-electron chi connectivity index (χ4n) is 3.68. The molecule has 0 saturated heterocycles. The van der Waals surface area contributed by atoms with Crippen molar-refractivity contribution in [3.8, 4) is 5.75 Å². The van der Waals surface area contributed by atoms with Crippen LogP contribution in [0.2, 0.25) is 0 Å². The first kappa shape index (κ1) is 21.1. The zero-order valence-electron chi connectivity index (χ0n) is 16.8. The summed E-state index contributed by atoms with van der Waals surface area (Å²) in [6, 6.07) is 16.6. The van der Waals surface area contributed by atoms with Crippen LogP contribution in [0.4, 0.5) is 24.7 Å². The van der Waals surface area contributed by atoms with Gasteiger partial charge in [0.1, 0.15) is 18.2 Å². The summed E-state index contributed by atoms with van der Waals surface area (Å²) in [5, 5.41) is 3.78. The van der Waals surface area contributed by atoms with Crippen LogP contribution in [-0.2, 0) is 10.0 Å². The smallest absolute Gasteiger partial charge is 0.262 e. The number of hydrogen-bond acceptors (Lipinski definition) is 5. The summed E-state index contributed by atoms with van der Waals surface area (Å²) in [4.78, 5) is 3.81. The molecule has 0 spiro atoms. The van der Waals surface area contributed by atoms with Crippen LogP contribution >= 0.6 is 0 Å². The number of sulfonamides is 1. The van der Waals surface area contributed by atoms with Crippen molar-refractivity contribution in [2.75, 3.05) is 16.6 Å². The Bertz CT molecular complexity index is 1470. The first-order valence-electron chi connectivity index (χ1n) is 9.87. The molecule has 1 unspecified atom stereocenters. The third-order valence-electron chi connectivity index (χ3n) is 5.27. The van der Waals surface area contributed by atoms with Crippen molar-refractivity contribution in [2.45, 2.75) is 10.9 Å². The highest BCUT2D eigenvalue weighted by Gasteiger charge is 2.24. The number of hydrogen-bond donors (Lipinski definition) is 2. The van der Waals surface area contributed by atoms with Gasteiger partial charge in [0.25, 0.3) is 10.0 Å². The standard InChI is InChI=1S/C23H16F3N3O3S/c24-16-10-13(11-17(25)23(16)26)33(30,31)29-19-6-3-5-18-14(19)8-9-22(27-18)28-20-12-32-21-7-2-1-4-15(20)21/h1-11,20,29H,12H2,(H,27,28). The molecule has 0 aliphatic carbocycles. The highest BCUT2D eigenvalue weighted by molar-refractivity contribution is 7.92. The van der Waals surface area contributed by atoms with E-state index >= 15 is 0 Å². The van der Waals surface area contributed by atoms with E-state index in [2.05, 4.69) is 15.0 Å². The topological polar surface area (TPSA) is 80.3 Å². The zero-order valence-corrected chi connectivity index (χ0v) is 17.7. The number of para-hydroxylation sites is 1. The second-order valence-electron chi connectivity index (χ2n) is 7.42. The molecule has 0 amide bonds. The van der Waals surface area contributed by atoms with Crippen LogP contribution in [0.5, 0.6) is 5.75 Å². The maximum atomic E-state index is 13.5. The van der Waals surface area contributed by atoms with E-state index in [1.54, 1.807) is 24.3 Å². The molecule has 1 atom stereocenters. The van der Waals surface area contributed by atoms with Gasteiger partial charge in [-0.3, -0.25) is 4.72 Å². The quantitative estimate of drug-likeness (QED) is 0.401. The van der Waals surface area contributed by atoms with Crippen molar-refractivity contribution in [3.63, 3.8) is 0 Å². The van der Waals surface area contributed by atoms with Gasteiger partial charge in [0.05, 0.1) is 22.1 Å². The predicted octanol–water partition coefficient (Wildman–Crippen LogP) is 5.00. The lowest BCUT2D eigenvalue weighted by Crippen LogP contribution is -2.15. The molecule has 5 rings (SSSR count). The van der Waals surface area contributed by atoms with Crippen LogP contribution in [0.25, 0.3) is 10.9 Å². The minimum atomic E-state index is -4.39. The van der Waals surface area contributed by atoms with Crippen molar-refractivity contribution in [2.24, 2.45) is 0 Å². The first-order valence-corrected chi connectivity index (χ1v) is 11.4. The molecule has 6 nitrogen and oxygen atoms in total. The Morgan fingerprint density at radius 2 is 1.70 bits per heavy atom. The summed E-state index contributed by atoms with van der Waals surface area (Å²) < 4.78 is 73.6. The molecular formula is C23H16F3N3O3S. The highest BCUT2D eigenvalue weighted by Crippen LogP contribution is 2.34. The minimum absolute atomic E-state index is 0.0869. The van der Waals surface area contributed by atoms with Crippen LogP contribution < -0.4 is 14.8 Å². The van der Waals surface area contributed by atoms with Crippen LogP contribution in [0.15, 0.2) is 71.6 Å². The van der Waals surface area contributed by atoms with E-state index in [-0.39, 0.29) is 11.7 Å². The average molecular weight is 471 g/mol. The second kappa shape index (κ2) is 7.96. The maximum absolute atomic E-state index is 13.5. The minimum Gasteiger partial charge on any atom is -0.491 e. The van der Waals surface area contributed by atoms with Crippen molar-refractivity contribution >= 4 is 32.4 Å². The number of ether oxygens (including phenoxy) is 1. The van der Waals surface area contributed by atoms with Gasteiger partial charge in [-0.1, -0.05) is 24.3 Å². The molecule has 1 aliphatic heterocycles. The van der Waals surface area contributed by atoms with Gasteiger partial charge in [0.15, 0.2) is 17.5 Å². The van der Waals surface area contributed by atoms with Crippen LogP contribution in [0.1, 0.15) is 11.6 Å². The van der Waals surface area contributed by atoms with Crippen LogP contribution in [-0.4, -0.2) is 20.0 Å². The summed E-state index contributed by atoms with van der Waals surface area (Å²) in [6.07, 6.45) is 0. The normalized spacial score (nSPS) is 15.2. The number of fused-ring (bicyclic) bond motifs is 2. The Balaban J connectivity index is 1.44. The molecule has 4 aromatic rings. The number of rotatable bonds is 5. The second-order valence-corrected chi connectivity index (χ2v) is 9.10. The number of benzene rings is 3. The summed E-state index contributed by atoms with van der Waals surface area (Å²) in [7, 11) is -4.39. The van der Waals surface area contributed by atoms with Gasteiger partial charge < -0.3 is 10.1 Å². The van der Waals surface area contributed by atoms with Crippen molar-refractivity contribution in [3.05, 3.63) is 89.7 Å². The van der Waals surface area contributed by atoms with E-state index in [4.69, 9.17) is 4.74 Å². The van der Waals surface area contributed by atoms with Crippen LogP contribution in [0, 0.1) is 17.5 Å². The summed E-state index contributed by atoms with van der Waals surface area (Å²) in [5.41, 5.74) is 1.66. The first-order chi connectivity index (χ1) is 15.8. The Kier molecular flexibility index (Phi) is 5.09. The van der Waals surface area contributed by atoms with Gasteiger partial charge in [0.2, 0.25) is 0 Å². The van der Waals surface area contributed by atoms with Gasteiger partial charge in [-0.25, -0.2) is 26.6 Å². The zero-order chi connectivity index (χ0) is 23.2. The Morgan fingerprint density at radius 3 is 2.48 bits per heavy atom. The summed E-state index contributed by atoms with van der Waals surface area (Å²) in [6.45, 7) is 0.448. The van der Waals surface area contributed by atoms with E-state index < -0.39 is 32.4 Å². The lowest BCUT2D eigenvalue weighted by Gasteiger charge is -2.14. The summed E-state index contributed by atoms with van der Waals surface area (Å²) in [5.74, 6) is -3.55. The third-order valence-corrected chi connectivity index (χ3v) is 6.61. The predicted molar refractivity (Wildman–Crippen MR) is 117 cm³/mol. The SMILES string of the molecule is O=S(=O)(Nc1cccc2nc(NC3COc4ccccc43)ccc12)c1cc(F)c(F)c(F)c1. The maximum Gasteiger partial charge on any atom is 0.262 e. The third kappa shape index (κ3) is 3.93. The number of nitrogens with zero attached hydrogens (tertiary/aromatic N) is 1. The fraction of sp³-hybridized carbons (Fsp3) is 0.0870. The van der Waals surface area contributed by atoms with Gasteiger partial charge in [-0.2, -0.15) is 0 Å². The van der Waals surface area contributed by atoms with Gasteiger partial charge in [-0.15, -0.1) is 0 Å². The molecular weight excluding hydrogens is 455 g/mol. The number of anilines is 2.